The molecular formula is C17H20N8O2. The van der Waals surface area contributed by atoms with Crippen molar-refractivity contribution in [3.05, 3.63) is 30.4 Å². The third-order valence-electron chi connectivity index (χ3n) is 4.33. The summed E-state index contributed by atoms with van der Waals surface area (Å²) in [5.41, 5.74) is 7.43. The zero-order valence-corrected chi connectivity index (χ0v) is 14.6. The van der Waals surface area contributed by atoms with Gasteiger partial charge in [0.1, 0.15) is 17.7 Å². The molecule has 0 radical (unpaired) electrons. The molecule has 140 valence electrons. The second kappa shape index (κ2) is 8.18. The molecule has 2 aromatic heterocycles. The Morgan fingerprint density at radius 2 is 2.15 bits per heavy atom. The molecule has 1 unspecified atom stereocenters. The molecule has 0 bridgehead atoms. The number of likely N-dealkylation sites (tertiary alicyclic amines) is 1. The Hall–Kier alpha value is -3.61. The molecule has 10 nitrogen and oxygen atoms in total. The number of nitrogens with zero attached hydrogens (tertiary/aromatic N) is 5. The van der Waals surface area contributed by atoms with E-state index in [1.54, 1.807) is 6.07 Å². The number of aromatic nitrogens is 3. The van der Waals surface area contributed by atoms with Crippen LogP contribution in [-0.2, 0) is 0 Å². The van der Waals surface area contributed by atoms with Gasteiger partial charge < -0.3 is 26.4 Å². The highest BCUT2D eigenvalue weighted by atomic mass is 16.4. The zero-order chi connectivity index (χ0) is 19.2. The number of nitriles is 1. The number of nitrogen functional groups attached to an aromatic ring is 1. The Morgan fingerprint density at radius 1 is 1.33 bits per heavy atom. The van der Waals surface area contributed by atoms with Gasteiger partial charge in [0.05, 0.1) is 30.0 Å². The lowest BCUT2D eigenvalue weighted by molar-refractivity contribution is 0.122. The van der Waals surface area contributed by atoms with Crippen LogP contribution < -0.4 is 16.4 Å². The maximum absolute atomic E-state index is 11.1. The minimum Gasteiger partial charge on any atom is -0.465 e. The third-order valence-corrected chi connectivity index (χ3v) is 4.33. The minimum atomic E-state index is -0.877. The van der Waals surface area contributed by atoms with Crippen molar-refractivity contribution in [1.82, 2.24) is 19.9 Å². The van der Waals surface area contributed by atoms with Crippen LogP contribution in [0.2, 0.25) is 0 Å². The maximum atomic E-state index is 11.1. The van der Waals surface area contributed by atoms with Crippen LogP contribution in [0.4, 0.5) is 27.8 Å². The number of hydrogen-bond donors (Lipinski definition) is 4. The number of piperidine rings is 1. The topological polar surface area (TPSA) is 153 Å². The lowest BCUT2D eigenvalue weighted by Gasteiger charge is -2.31. The van der Waals surface area contributed by atoms with Gasteiger partial charge >= 0.3 is 6.09 Å². The van der Waals surface area contributed by atoms with Crippen molar-refractivity contribution in [3.8, 4) is 6.07 Å². The summed E-state index contributed by atoms with van der Waals surface area (Å²) in [6.45, 7) is 1.72. The molecule has 2 aromatic rings. The SMILES string of the molecule is N#Cc1cnc(Nc2cc(NCC3CCCN(C(=O)O)C3)c(N)cn2)cn1. The van der Waals surface area contributed by atoms with Crippen LogP contribution in [-0.4, -0.2) is 50.7 Å². The summed E-state index contributed by atoms with van der Waals surface area (Å²) in [4.78, 5) is 24.8. The van der Waals surface area contributed by atoms with Gasteiger partial charge in [-0.25, -0.2) is 19.7 Å². The molecule has 0 aromatic carbocycles. The predicted molar refractivity (Wildman–Crippen MR) is 99.5 cm³/mol. The van der Waals surface area contributed by atoms with E-state index in [0.717, 1.165) is 12.8 Å². The van der Waals surface area contributed by atoms with E-state index >= 15 is 0 Å². The van der Waals surface area contributed by atoms with E-state index in [4.69, 9.17) is 16.1 Å². The molecule has 3 rings (SSSR count). The van der Waals surface area contributed by atoms with Crippen molar-refractivity contribution in [2.45, 2.75) is 12.8 Å². The van der Waals surface area contributed by atoms with Crippen LogP contribution in [0.15, 0.2) is 24.7 Å². The van der Waals surface area contributed by atoms with Crippen LogP contribution in [0.25, 0.3) is 0 Å². The van der Waals surface area contributed by atoms with Crippen molar-refractivity contribution < 1.29 is 9.90 Å². The molecule has 0 spiro atoms. The summed E-state index contributed by atoms with van der Waals surface area (Å²) in [6.07, 6.45) is 5.30. The Kier molecular flexibility index (Phi) is 5.51. The fraction of sp³-hybridized carbons (Fsp3) is 0.353. The van der Waals surface area contributed by atoms with Gasteiger partial charge in [-0.2, -0.15) is 5.26 Å². The molecule has 1 saturated heterocycles. The highest BCUT2D eigenvalue weighted by Gasteiger charge is 2.23. The fourth-order valence-corrected chi connectivity index (χ4v) is 2.93. The normalized spacial score (nSPS) is 16.4. The lowest BCUT2D eigenvalue weighted by atomic mass is 9.98. The number of nitrogens with two attached hydrogens (primary N) is 1. The first-order valence-electron chi connectivity index (χ1n) is 8.51. The summed E-state index contributed by atoms with van der Waals surface area (Å²) >= 11 is 0. The highest BCUT2D eigenvalue weighted by molar-refractivity contribution is 5.70. The molecule has 5 N–H and O–H groups in total. The van der Waals surface area contributed by atoms with Crippen molar-refractivity contribution >= 4 is 29.1 Å². The second-order valence-corrected chi connectivity index (χ2v) is 6.30. The van der Waals surface area contributed by atoms with Gasteiger partial charge in [0.2, 0.25) is 0 Å². The average Bonchev–Trinajstić information content (AvgIpc) is 2.69. The molecule has 10 heteroatoms. The van der Waals surface area contributed by atoms with Crippen LogP contribution in [0.5, 0.6) is 0 Å². The van der Waals surface area contributed by atoms with Gasteiger partial charge in [-0.15, -0.1) is 0 Å². The van der Waals surface area contributed by atoms with Crippen molar-refractivity contribution in [2.24, 2.45) is 5.92 Å². The Morgan fingerprint density at radius 3 is 2.85 bits per heavy atom. The van der Waals surface area contributed by atoms with Crippen molar-refractivity contribution in [2.75, 3.05) is 36.0 Å². The van der Waals surface area contributed by atoms with Gasteiger partial charge in [-0.3, -0.25) is 0 Å². The monoisotopic (exact) mass is 368 g/mol. The molecule has 27 heavy (non-hydrogen) atoms. The molecular weight excluding hydrogens is 348 g/mol. The maximum Gasteiger partial charge on any atom is 0.407 e. The van der Waals surface area contributed by atoms with Gasteiger partial charge in [0.15, 0.2) is 5.69 Å². The summed E-state index contributed by atoms with van der Waals surface area (Å²) in [5, 5.41) is 24.2. The van der Waals surface area contributed by atoms with Crippen molar-refractivity contribution in [1.29, 1.82) is 5.26 Å². The van der Waals surface area contributed by atoms with E-state index in [2.05, 4.69) is 25.6 Å². The molecule has 0 saturated carbocycles. The van der Waals surface area contributed by atoms with Gasteiger partial charge in [-0.1, -0.05) is 0 Å². The van der Waals surface area contributed by atoms with Gasteiger partial charge in [0, 0.05) is 25.7 Å². The number of carboxylic acid groups (broad SMARTS) is 1. The quantitative estimate of drug-likeness (QED) is 0.619. The molecule has 1 amide bonds. The molecule has 1 fully saturated rings. The fourth-order valence-electron chi connectivity index (χ4n) is 2.93. The molecule has 3 heterocycles. The number of carbonyl (C=O) groups is 1. The van der Waals surface area contributed by atoms with E-state index in [9.17, 15) is 4.79 Å². The molecule has 1 atom stereocenters. The number of nitrogens with one attached hydrogen (secondary N) is 2. The molecule has 1 aliphatic rings. The largest absolute Gasteiger partial charge is 0.465 e. The van der Waals surface area contributed by atoms with Gasteiger partial charge in [-0.05, 0) is 18.8 Å². The standard InChI is InChI=1S/C17H20N8O2/c18-5-12-7-22-16(9-20-12)24-15-4-14(13(19)8-23-15)21-6-11-2-1-3-25(10-11)17(26)27/h4,7-9,11H,1-3,6,10,19H2,(H,26,27)(H2,21,22,23,24). The molecule has 0 aliphatic carbocycles. The van der Waals surface area contributed by atoms with Crippen LogP contribution in [0, 0.1) is 17.2 Å². The third kappa shape index (κ3) is 4.72. The molecule has 1 aliphatic heterocycles. The first kappa shape index (κ1) is 18.2. The minimum absolute atomic E-state index is 0.225. The number of pyridine rings is 1. The predicted octanol–water partition coefficient (Wildman–Crippen LogP) is 1.87. The smallest absolute Gasteiger partial charge is 0.407 e. The second-order valence-electron chi connectivity index (χ2n) is 6.30. The number of amides is 1. The average molecular weight is 368 g/mol. The van der Waals surface area contributed by atoms with Crippen LogP contribution in [0.1, 0.15) is 18.5 Å². The van der Waals surface area contributed by atoms with Crippen LogP contribution >= 0.6 is 0 Å². The van der Waals surface area contributed by atoms with E-state index in [0.29, 0.717) is 42.6 Å². The van der Waals surface area contributed by atoms with Crippen LogP contribution in [0.3, 0.4) is 0 Å². The van der Waals surface area contributed by atoms with E-state index in [1.165, 1.54) is 23.5 Å². The van der Waals surface area contributed by atoms with Gasteiger partial charge in [0.25, 0.3) is 0 Å². The van der Waals surface area contributed by atoms with Crippen molar-refractivity contribution in [3.63, 3.8) is 0 Å². The van der Waals surface area contributed by atoms with E-state index in [-0.39, 0.29) is 11.6 Å². The van der Waals surface area contributed by atoms with E-state index < -0.39 is 6.09 Å². The Balaban J connectivity index is 1.63. The zero-order valence-electron chi connectivity index (χ0n) is 14.6. The number of anilines is 4. The summed E-state index contributed by atoms with van der Waals surface area (Å²) < 4.78 is 0. The number of hydrogen-bond acceptors (Lipinski definition) is 8. The number of rotatable bonds is 5. The Labute approximate surface area is 156 Å². The first-order valence-corrected chi connectivity index (χ1v) is 8.51. The first-order chi connectivity index (χ1) is 13.0. The summed E-state index contributed by atoms with van der Waals surface area (Å²) in [6, 6.07) is 3.67. The lowest BCUT2D eigenvalue weighted by Crippen LogP contribution is -2.41. The summed E-state index contributed by atoms with van der Waals surface area (Å²) in [7, 11) is 0. The summed E-state index contributed by atoms with van der Waals surface area (Å²) in [5.74, 6) is 1.21. The highest BCUT2D eigenvalue weighted by Crippen LogP contribution is 2.24. The van der Waals surface area contributed by atoms with E-state index in [1.807, 2.05) is 6.07 Å². The Bertz CT molecular complexity index is 849.